The second-order valence-corrected chi connectivity index (χ2v) is 4.05. The Balaban J connectivity index is 2.84. The van der Waals surface area contributed by atoms with Crippen molar-refractivity contribution in [3.8, 4) is 0 Å². The van der Waals surface area contributed by atoms with Crippen LogP contribution in [0.3, 0.4) is 0 Å². The van der Waals surface area contributed by atoms with E-state index in [-0.39, 0.29) is 0 Å². The molecule has 74 valence electrons. The Kier molecular flexibility index (Phi) is 2.32. The lowest BCUT2D eigenvalue weighted by atomic mass is 10.0. The van der Waals surface area contributed by atoms with Gasteiger partial charge < -0.3 is 5.11 Å². The molecule has 0 aromatic heterocycles. The average molecular weight is 188 g/mol. The second-order valence-electron chi connectivity index (χ2n) is 4.05. The number of hydrogen-bond donors (Lipinski definition) is 1. The number of aryl methyl sites for hydroxylation is 1. The predicted octanol–water partition coefficient (Wildman–Crippen LogP) is 1.80. The lowest BCUT2D eigenvalue weighted by molar-refractivity contribution is 0.474. The zero-order valence-electron chi connectivity index (χ0n) is 8.64. The van der Waals surface area contributed by atoms with E-state index in [0.29, 0.717) is 5.76 Å². The van der Waals surface area contributed by atoms with Gasteiger partial charge in [-0.05, 0) is 42.5 Å². The Bertz CT molecular complexity index is 457. The van der Waals surface area contributed by atoms with Crippen molar-refractivity contribution in [3.63, 3.8) is 0 Å². The number of rotatable bonds is 0. The first-order valence-corrected chi connectivity index (χ1v) is 5.19. The summed E-state index contributed by atoms with van der Waals surface area (Å²) in [5.74, 6) is 0.534. The van der Waals surface area contributed by atoms with Crippen molar-refractivity contribution in [2.75, 3.05) is 0 Å². The van der Waals surface area contributed by atoms with Crippen LogP contribution in [0.2, 0.25) is 0 Å². The molecule has 1 aliphatic rings. The van der Waals surface area contributed by atoms with Gasteiger partial charge in [0.05, 0.1) is 0 Å². The lowest BCUT2D eigenvalue weighted by Crippen LogP contribution is -2.30. The molecule has 0 heterocycles. The molecule has 0 bridgehead atoms. The fourth-order valence-electron chi connectivity index (χ4n) is 2.20. The molecule has 0 atom stereocenters. The predicted molar refractivity (Wildman–Crippen MR) is 59.5 cm³/mol. The first-order chi connectivity index (χ1) is 6.70. The number of aliphatic hydroxyl groups excluding tert-OH is 1. The Morgan fingerprint density at radius 2 is 1.93 bits per heavy atom. The molecule has 0 radical (unpaired) electrons. The zero-order valence-corrected chi connectivity index (χ0v) is 8.64. The number of aliphatic hydroxyl groups is 1. The third-order valence-electron chi connectivity index (χ3n) is 3.01. The Hall–Kier alpha value is -1.24. The van der Waals surface area contributed by atoms with E-state index in [1.54, 1.807) is 0 Å². The third-order valence-corrected chi connectivity index (χ3v) is 3.01. The van der Waals surface area contributed by atoms with Crippen LogP contribution in [0.5, 0.6) is 0 Å². The van der Waals surface area contributed by atoms with Crippen molar-refractivity contribution < 1.29 is 5.11 Å². The number of hydrogen-bond acceptors (Lipinski definition) is 1. The molecule has 14 heavy (non-hydrogen) atoms. The van der Waals surface area contributed by atoms with Gasteiger partial charge in [-0.15, -0.1) is 0 Å². The summed E-state index contributed by atoms with van der Waals surface area (Å²) in [5, 5.41) is 11.9. The Morgan fingerprint density at radius 1 is 1.21 bits per heavy atom. The summed E-state index contributed by atoms with van der Waals surface area (Å²) in [6.07, 6.45) is 4.13. The van der Waals surface area contributed by atoms with E-state index in [1.165, 1.54) is 17.5 Å². The molecule has 1 N–H and O–H groups in total. The van der Waals surface area contributed by atoms with E-state index in [1.807, 2.05) is 6.07 Å². The van der Waals surface area contributed by atoms with Gasteiger partial charge in [0.1, 0.15) is 5.76 Å². The van der Waals surface area contributed by atoms with Crippen LogP contribution < -0.4 is 10.4 Å². The van der Waals surface area contributed by atoms with E-state index in [0.717, 1.165) is 29.7 Å². The van der Waals surface area contributed by atoms with Crippen molar-refractivity contribution in [1.82, 2.24) is 0 Å². The first kappa shape index (κ1) is 9.32. The van der Waals surface area contributed by atoms with Gasteiger partial charge in [-0.1, -0.05) is 18.7 Å². The molecule has 1 aromatic carbocycles. The van der Waals surface area contributed by atoms with Gasteiger partial charge in [0.15, 0.2) is 0 Å². The van der Waals surface area contributed by atoms with Gasteiger partial charge in [0, 0.05) is 11.6 Å². The maximum atomic E-state index is 9.92. The van der Waals surface area contributed by atoms with E-state index in [9.17, 15) is 5.11 Å². The highest BCUT2D eigenvalue weighted by atomic mass is 16.3. The highest BCUT2D eigenvalue weighted by Crippen LogP contribution is 2.14. The molecule has 0 unspecified atom stereocenters. The molecule has 0 fully saturated rings. The molecule has 0 spiro atoms. The normalized spacial score (nSPS) is 16.2. The van der Waals surface area contributed by atoms with Crippen LogP contribution in [0.25, 0.3) is 12.3 Å². The van der Waals surface area contributed by atoms with Crippen molar-refractivity contribution in [2.24, 2.45) is 0 Å². The summed E-state index contributed by atoms with van der Waals surface area (Å²) in [5.41, 5.74) is 2.58. The average Bonchev–Trinajstić information content (AvgIpc) is 2.35. The summed E-state index contributed by atoms with van der Waals surface area (Å²) < 4.78 is 0. The summed E-state index contributed by atoms with van der Waals surface area (Å²) in [6, 6.07) is 4.09. The standard InChI is InChI=1S/C13H16O/c1-9-7-8-10(2)13-11(9)5-3-4-6-12(13)14/h7-8,14H,2-6H2,1H3. The van der Waals surface area contributed by atoms with Crippen LogP contribution in [0, 0.1) is 6.92 Å². The zero-order chi connectivity index (χ0) is 10.1. The maximum absolute atomic E-state index is 9.92. The summed E-state index contributed by atoms with van der Waals surface area (Å²) in [4.78, 5) is 0. The van der Waals surface area contributed by atoms with Crippen LogP contribution in [-0.2, 0) is 6.42 Å². The SMILES string of the molecule is C=c1ccc(C)c2c1=C(O)CCCC2. The maximum Gasteiger partial charge on any atom is 0.100 e. The van der Waals surface area contributed by atoms with E-state index >= 15 is 0 Å². The van der Waals surface area contributed by atoms with Crippen LogP contribution in [0.1, 0.15) is 30.4 Å². The van der Waals surface area contributed by atoms with Crippen LogP contribution in [0.4, 0.5) is 0 Å². The van der Waals surface area contributed by atoms with Crippen LogP contribution in [0.15, 0.2) is 12.1 Å². The van der Waals surface area contributed by atoms with E-state index in [2.05, 4.69) is 19.6 Å². The molecule has 0 aliphatic heterocycles. The summed E-state index contributed by atoms with van der Waals surface area (Å²) >= 11 is 0. The van der Waals surface area contributed by atoms with Gasteiger partial charge in [0.25, 0.3) is 0 Å². The van der Waals surface area contributed by atoms with Gasteiger partial charge in [-0.2, -0.15) is 0 Å². The van der Waals surface area contributed by atoms with Crippen molar-refractivity contribution in [3.05, 3.63) is 33.7 Å². The largest absolute Gasteiger partial charge is 0.512 e. The van der Waals surface area contributed by atoms with Crippen molar-refractivity contribution in [1.29, 1.82) is 0 Å². The minimum atomic E-state index is 0.534. The monoisotopic (exact) mass is 188 g/mol. The molecule has 1 aromatic rings. The molecule has 0 saturated carbocycles. The first-order valence-electron chi connectivity index (χ1n) is 5.19. The molecular weight excluding hydrogens is 172 g/mol. The fourth-order valence-corrected chi connectivity index (χ4v) is 2.20. The molecule has 1 aliphatic carbocycles. The van der Waals surface area contributed by atoms with Gasteiger partial charge in [-0.3, -0.25) is 0 Å². The molecule has 0 saturated heterocycles. The topological polar surface area (TPSA) is 20.2 Å². The highest BCUT2D eigenvalue weighted by molar-refractivity contribution is 5.43. The fraction of sp³-hybridized carbons (Fsp3) is 0.385. The molecule has 2 rings (SSSR count). The molecule has 1 heteroatoms. The third kappa shape index (κ3) is 1.43. The summed E-state index contributed by atoms with van der Waals surface area (Å²) in [6.45, 7) is 6.09. The minimum Gasteiger partial charge on any atom is -0.512 e. The highest BCUT2D eigenvalue weighted by Gasteiger charge is 2.09. The van der Waals surface area contributed by atoms with Gasteiger partial charge in [0.2, 0.25) is 0 Å². The number of benzene rings is 1. The summed E-state index contributed by atoms with van der Waals surface area (Å²) in [7, 11) is 0. The van der Waals surface area contributed by atoms with Crippen molar-refractivity contribution in [2.45, 2.75) is 32.6 Å². The number of fused-ring (bicyclic) bond motifs is 1. The lowest BCUT2D eigenvalue weighted by Gasteiger charge is -2.05. The molecular formula is C13H16O. The van der Waals surface area contributed by atoms with Crippen molar-refractivity contribution >= 4 is 12.3 Å². The van der Waals surface area contributed by atoms with E-state index in [4.69, 9.17) is 0 Å². The van der Waals surface area contributed by atoms with Gasteiger partial charge >= 0.3 is 0 Å². The minimum absolute atomic E-state index is 0.534. The van der Waals surface area contributed by atoms with Crippen LogP contribution >= 0.6 is 0 Å². The van der Waals surface area contributed by atoms with Crippen LogP contribution in [-0.4, -0.2) is 5.11 Å². The molecule has 1 nitrogen and oxygen atoms in total. The van der Waals surface area contributed by atoms with E-state index < -0.39 is 0 Å². The smallest absolute Gasteiger partial charge is 0.100 e. The Labute approximate surface area is 84.4 Å². The Morgan fingerprint density at radius 3 is 2.71 bits per heavy atom. The molecule has 0 amide bonds. The van der Waals surface area contributed by atoms with Gasteiger partial charge in [-0.25, -0.2) is 0 Å². The quantitative estimate of drug-likeness (QED) is 0.658. The second kappa shape index (κ2) is 3.49.